The molecule has 0 spiro atoms. The van der Waals surface area contributed by atoms with Crippen LogP contribution in [0, 0.1) is 25.2 Å². The van der Waals surface area contributed by atoms with Crippen LogP contribution >= 0.6 is 11.3 Å². The van der Waals surface area contributed by atoms with Crippen molar-refractivity contribution in [3.8, 4) is 17.3 Å². The lowest BCUT2D eigenvalue weighted by molar-refractivity contribution is 0.529. The molecule has 1 saturated heterocycles. The molecule has 2 heterocycles. The van der Waals surface area contributed by atoms with Crippen LogP contribution in [-0.4, -0.2) is 31.7 Å². The summed E-state index contributed by atoms with van der Waals surface area (Å²) in [4.78, 5) is 7.15. The first-order valence-corrected chi connectivity index (χ1v) is 12.3. The van der Waals surface area contributed by atoms with E-state index in [4.69, 9.17) is 4.98 Å². The van der Waals surface area contributed by atoms with Crippen LogP contribution < -0.4 is 4.90 Å². The van der Waals surface area contributed by atoms with Crippen LogP contribution in [0.2, 0.25) is 0 Å². The Hall–Kier alpha value is -2.69. The number of benzene rings is 2. The maximum Gasteiger partial charge on any atom is 0.185 e. The fourth-order valence-corrected chi connectivity index (χ4v) is 6.65. The summed E-state index contributed by atoms with van der Waals surface area (Å²) in [5.74, 6) is 0. The van der Waals surface area contributed by atoms with Gasteiger partial charge in [-0.25, -0.2) is 13.4 Å². The van der Waals surface area contributed by atoms with Crippen LogP contribution in [0.5, 0.6) is 0 Å². The highest BCUT2D eigenvalue weighted by atomic mass is 32.2. The predicted octanol–water partition coefficient (Wildman–Crippen LogP) is 4.74. The first kappa shape index (κ1) is 20.6. The molecular weight excluding hydrogens is 414 g/mol. The van der Waals surface area contributed by atoms with Crippen LogP contribution in [-0.2, 0) is 9.84 Å². The number of thiazole rings is 1. The summed E-state index contributed by atoms with van der Waals surface area (Å²) < 4.78 is 26.2. The minimum Gasteiger partial charge on any atom is -0.348 e. The Bertz CT molecular complexity index is 1220. The topological polar surface area (TPSA) is 74.1 Å². The SMILES string of the molecule is Cc1ccc(C)c(-c2csc(N3CCC(S(=O)(=O)c4ccccc4C#N)CC3)n2)c1. The maximum absolute atomic E-state index is 13.1. The van der Waals surface area contributed by atoms with E-state index >= 15 is 0 Å². The van der Waals surface area contributed by atoms with Gasteiger partial charge in [-0.05, 0) is 50.5 Å². The molecule has 1 aliphatic heterocycles. The van der Waals surface area contributed by atoms with Gasteiger partial charge >= 0.3 is 0 Å². The lowest BCUT2D eigenvalue weighted by Gasteiger charge is -2.31. The minimum absolute atomic E-state index is 0.150. The van der Waals surface area contributed by atoms with Crippen molar-refractivity contribution in [1.29, 1.82) is 5.26 Å². The Morgan fingerprint density at radius 1 is 1.13 bits per heavy atom. The number of nitriles is 1. The summed E-state index contributed by atoms with van der Waals surface area (Å²) in [5.41, 5.74) is 4.72. The van der Waals surface area contributed by atoms with Crippen LogP contribution in [0.25, 0.3) is 11.3 Å². The van der Waals surface area contributed by atoms with Gasteiger partial charge in [-0.15, -0.1) is 11.3 Å². The fourth-order valence-electron chi connectivity index (χ4n) is 3.89. The zero-order valence-corrected chi connectivity index (χ0v) is 18.6. The summed E-state index contributed by atoms with van der Waals surface area (Å²) in [7, 11) is -3.52. The normalized spacial score (nSPS) is 15.2. The van der Waals surface area contributed by atoms with E-state index < -0.39 is 15.1 Å². The van der Waals surface area contributed by atoms with E-state index in [1.807, 2.05) is 6.07 Å². The van der Waals surface area contributed by atoms with Crippen molar-refractivity contribution in [2.45, 2.75) is 36.8 Å². The molecule has 0 atom stereocenters. The number of hydrogen-bond acceptors (Lipinski definition) is 6. The molecule has 0 amide bonds. The molecule has 0 N–H and O–H groups in total. The van der Waals surface area contributed by atoms with E-state index in [9.17, 15) is 13.7 Å². The Kier molecular flexibility index (Phi) is 5.63. The number of anilines is 1. The smallest absolute Gasteiger partial charge is 0.185 e. The predicted molar refractivity (Wildman–Crippen MR) is 121 cm³/mol. The molecule has 2 aromatic carbocycles. The molecule has 0 saturated carbocycles. The largest absolute Gasteiger partial charge is 0.348 e. The van der Waals surface area contributed by atoms with Crippen LogP contribution in [0.15, 0.2) is 52.7 Å². The highest BCUT2D eigenvalue weighted by Crippen LogP contribution is 2.33. The van der Waals surface area contributed by atoms with Crippen molar-refractivity contribution >= 4 is 26.3 Å². The number of nitrogens with zero attached hydrogens (tertiary/aromatic N) is 3. The molecule has 0 aliphatic carbocycles. The second-order valence-electron chi connectivity index (χ2n) is 7.67. The lowest BCUT2D eigenvalue weighted by atomic mass is 10.0. The number of aromatic nitrogens is 1. The van der Waals surface area contributed by atoms with Gasteiger partial charge in [0.15, 0.2) is 15.0 Å². The first-order chi connectivity index (χ1) is 14.4. The van der Waals surface area contributed by atoms with Crippen LogP contribution in [0.1, 0.15) is 29.5 Å². The molecule has 1 fully saturated rings. The van der Waals surface area contributed by atoms with Crippen LogP contribution in [0.3, 0.4) is 0 Å². The summed E-state index contributed by atoms with van der Waals surface area (Å²) in [6.45, 7) is 5.44. The van der Waals surface area contributed by atoms with Crippen LogP contribution in [0.4, 0.5) is 5.13 Å². The standard InChI is InChI=1S/C23H23N3O2S2/c1-16-7-8-17(2)20(13-16)21-15-29-23(25-21)26-11-9-19(10-12-26)30(27,28)22-6-4-3-5-18(22)14-24/h3-8,13,15,19H,9-12H2,1-2H3. The quantitative estimate of drug-likeness (QED) is 0.589. The Balaban J connectivity index is 1.50. The summed E-state index contributed by atoms with van der Waals surface area (Å²) in [6.07, 6.45) is 1.06. The van der Waals surface area contributed by atoms with E-state index in [2.05, 4.69) is 42.3 Å². The van der Waals surface area contributed by atoms with Crippen molar-refractivity contribution in [2.75, 3.05) is 18.0 Å². The van der Waals surface area contributed by atoms with Crippen molar-refractivity contribution < 1.29 is 8.42 Å². The molecule has 154 valence electrons. The van der Waals surface area contributed by atoms with Crippen molar-refractivity contribution in [3.63, 3.8) is 0 Å². The molecule has 7 heteroatoms. The van der Waals surface area contributed by atoms with Gasteiger partial charge in [0, 0.05) is 24.0 Å². The molecule has 30 heavy (non-hydrogen) atoms. The Morgan fingerprint density at radius 3 is 2.60 bits per heavy atom. The van der Waals surface area contributed by atoms with Gasteiger partial charge in [-0.2, -0.15) is 5.26 Å². The minimum atomic E-state index is -3.52. The van der Waals surface area contributed by atoms with Crippen molar-refractivity contribution in [1.82, 2.24) is 4.98 Å². The average molecular weight is 438 g/mol. The highest BCUT2D eigenvalue weighted by Gasteiger charge is 2.33. The maximum atomic E-state index is 13.1. The Morgan fingerprint density at radius 2 is 1.87 bits per heavy atom. The molecule has 0 radical (unpaired) electrons. The van der Waals surface area contributed by atoms with E-state index in [1.54, 1.807) is 29.5 Å². The highest BCUT2D eigenvalue weighted by molar-refractivity contribution is 7.92. The summed E-state index contributed by atoms with van der Waals surface area (Å²) in [5, 5.41) is 11.8. The van der Waals surface area contributed by atoms with E-state index in [-0.39, 0.29) is 10.5 Å². The van der Waals surface area contributed by atoms with E-state index in [0.29, 0.717) is 25.9 Å². The monoisotopic (exact) mass is 437 g/mol. The van der Waals surface area contributed by atoms with E-state index in [0.717, 1.165) is 16.4 Å². The summed E-state index contributed by atoms with van der Waals surface area (Å²) >= 11 is 1.60. The third-order valence-electron chi connectivity index (χ3n) is 5.63. The number of hydrogen-bond donors (Lipinski definition) is 0. The molecule has 3 aromatic rings. The van der Waals surface area contributed by atoms with Crippen molar-refractivity contribution in [3.05, 3.63) is 64.5 Å². The van der Waals surface area contributed by atoms with Gasteiger partial charge < -0.3 is 4.90 Å². The fraction of sp³-hybridized carbons (Fsp3) is 0.304. The number of sulfone groups is 1. The molecular formula is C23H23N3O2S2. The average Bonchev–Trinajstić information content (AvgIpc) is 3.25. The number of aryl methyl sites for hydroxylation is 2. The second-order valence-corrected chi connectivity index (χ2v) is 10.7. The van der Waals surface area contributed by atoms with Gasteiger partial charge in [-0.3, -0.25) is 0 Å². The molecule has 1 aromatic heterocycles. The third kappa shape index (κ3) is 3.85. The van der Waals surface area contributed by atoms with Gasteiger partial charge in [0.2, 0.25) is 0 Å². The molecule has 0 bridgehead atoms. The Labute approximate surface area is 181 Å². The van der Waals surface area contributed by atoms with Crippen molar-refractivity contribution in [2.24, 2.45) is 0 Å². The summed E-state index contributed by atoms with van der Waals surface area (Å²) in [6, 6.07) is 14.8. The van der Waals surface area contributed by atoms with E-state index in [1.165, 1.54) is 17.2 Å². The van der Waals surface area contributed by atoms with Gasteiger partial charge in [0.25, 0.3) is 0 Å². The van der Waals surface area contributed by atoms with Gasteiger partial charge in [0.1, 0.15) is 6.07 Å². The number of piperidine rings is 1. The molecule has 4 rings (SSSR count). The molecule has 0 unspecified atom stereocenters. The first-order valence-electron chi connectivity index (χ1n) is 9.91. The second kappa shape index (κ2) is 8.21. The van der Waals surface area contributed by atoms with Gasteiger partial charge in [-0.1, -0.05) is 29.8 Å². The zero-order valence-electron chi connectivity index (χ0n) is 17.0. The molecule has 1 aliphatic rings. The lowest BCUT2D eigenvalue weighted by Crippen LogP contribution is -2.39. The zero-order chi connectivity index (χ0) is 21.3. The third-order valence-corrected chi connectivity index (χ3v) is 8.85. The molecule has 5 nitrogen and oxygen atoms in total. The number of rotatable bonds is 4. The van der Waals surface area contributed by atoms with Gasteiger partial charge in [0.05, 0.1) is 21.4 Å².